The van der Waals surface area contributed by atoms with Crippen LogP contribution in [0.15, 0.2) is 28.9 Å². The lowest BCUT2D eigenvalue weighted by Gasteiger charge is -2.07. The minimum atomic E-state index is 0.0842. The van der Waals surface area contributed by atoms with Gasteiger partial charge in [0.2, 0.25) is 0 Å². The average Bonchev–Trinajstić information content (AvgIpc) is 3.30. The number of nitrogens with two attached hydrogens (primary N) is 1. The molecule has 4 heterocycles. The summed E-state index contributed by atoms with van der Waals surface area (Å²) in [5.41, 5.74) is 10.9. The fourth-order valence-electron chi connectivity index (χ4n) is 3.72. The van der Waals surface area contributed by atoms with E-state index in [0.717, 1.165) is 41.1 Å². The summed E-state index contributed by atoms with van der Waals surface area (Å²) in [5.74, 6) is 1.59. The molecule has 0 bridgehead atoms. The van der Waals surface area contributed by atoms with E-state index in [9.17, 15) is 0 Å². The van der Waals surface area contributed by atoms with Crippen molar-refractivity contribution in [2.75, 3.05) is 5.73 Å². The smallest absolute Gasteiger partial charge is 0.149 e. The summed E-state index contributed by atoms with van der Waals surface area (Å²) in [7, 11) is 0. The SMILES string of the molecule is Cc1cccc(-c2c(-c3nn(C(C)C)c4c(Cl)cnc(N)c34)noc2C2CC2)n1. The number of aromatic nitrogens is 5. The maximum Gasteiger partial charge on any atom is 0.149 e. The topological polar surface area (TPSA) is 95.7 Å². The van der Waals surface area contributed by atoms with Gasteiger partial charge in [0.25, 0.3) is 0 Å². The Labute approximate surface area is 172 Å². The first-order valence-electron chi connectivity index (χ1n) is 9.71. The third kappa shape index (κ3) is 2.88. The van der Waals surface area contributed by atoms with E-state index in [0.29, 0.717) is 33.5 Å². The predicted octanol–water partition coefficient (Wildman–Crippen LogP) is 5.15. The molecule has 29 heavy (non-hydrogen) atoms. The Morgan fingerprint density at radius 2 is 2.03 bits per heavy atom. The van der Waals surface area contributed by atoms with Crippen LogP contribution in [-0.2, 0) is 0 Å². The van der Waals surface area contributed by atoms with Crippen LogP contribution in [0.2, 0.25) is 5.02 Å². The Hall–Kier alpha value is -2.93. The number of nitrogen functional groups attached to an aromatic ring is 1. The van der Waals surface area contributed by atoms with Crippen LogP contribution < -0.4 is 5.73 Å². The van der Waals surface area contributed by atoms with E-state index in [-0.39, 0.29) is 6.04 Å². The van der Waals surface area contributed by atoms with Gasteiger partial charge in [0, 0.05) is 17.7 Å². The third-order valence-corrected chi connectivity index (χ3v) is 5.51. The largest absolute Gasteiger partial charge is 0.383 e. The summed E-state index contributed by atoms with van der Waals surface area (Å²) in [6, 6.07) is 6.02. The second kappa shape index (κ2) is 6.56. The van der Waals surface area contributed by atoms with Gasteiger partial charge >= 0.3 is 0 Å². The quantitative estimate of drug-likeness (QED) is 0.501. The molecule has 0 amide bonds. The zero-order valence-electron chi connectivity index (χ0n) is 16.5. The van der Waals surface area contributed by atoms with E-state index in [1.54, 1.807) is 6.20 Å². The molecule has 0 aliphatic heterocycles. The molecule has 4 aromatic heterocycles. The monoisotopic (exact) mass is 408 g/mol. The lowest BCUT2D eigenvalue weighted by Crippen LogP contribution is -2.03. The van der Waals surface area contributed by atoms with Gasteiger partial charge in [0.15, 0.2) is 0 Å². The summed E-state index contributed by atoms with van der Waals surface area (Å²) < 4.78 is 7.69. The van der Waals surface area contributed by atoms with Gasteiger partial charge in [-0.2, -0.15) is 5.10 Å². The first-order valence-corrected chi connectivity index (χ1v) is 10.1. The Morgan fingerprint density at radius 3 is 2.72 bits per heavy atom. The molecule has 0 saturated heterocycles. The van der Waals surface area contributed by atoms with Crippen molar-refractivity contribution in [3.05, 3.63) is 40.9 Å². The molecular weight excluding hydrogens is 388 g/mol. The van der Waals surface area contributed by atoms with Crippen molar-refractivity contribution in [3.8, 4) is 22.6 Å². The minimum Gasteiger partial charge on any atom is -0.383 e. The van der Waals surface area contributed by atoms with Gasteiger partial charge in [-0.25, -0.2) is 4.98 Å². The van der Waals surface area contributed by atoms with Crippen LogP contribution in [-0.4, -0.2) is 24.9 Å². The molecule has 2 N–H and O–H groups in total. The van der Waals surface area contributed by atoms with Crippen LogP contribution in [0.5, 0.6) is 0 Å². The molecule has 0 radical (unpaired) electrons. The number of aryl methyl sites for hydroxylation is 1. The Balaban J connectivity index is 1.84. The van der Waals surface area contributed by atoms with Crippen molar-refractivity contribution < 1.29 is 4.52 Å². The van der Waals surface area contributed by atoms with E-state index in [1.165, 1.54) is 0 Å². The summed E-state index contributed by atoms with van der Waals surface area (Å²) >= 11 is 6.49. The van der Waals surface area contributed by atoms with Crippen molar-refractivity contribution in [1.29, 1.82) is 0 Å². The molecule has 0 spiro atoms. The fourth-order valence-corrected chi connectivity index (χ4v) is 3.95. The normalized spacial score (nSPS) is 14.2. The number of anilines is 1. The molecule has 7 nitrogen and oxygen atoms in total. The summed E-state index contributed by atoms with van der Waals surface area (Å²) in [6.45, 7) is 6.06. The second-order valence-electron chi connectivity index (χ2n) is 7.81. The van der Waals surface area contributed by atoms with Gasteiger partial charge in [-0.15, -0.1) is 0 Å². The van der Waals surface area contributed by atoms with Gasteiger partial charge in [-0.1, -0.05) is 22.8 Å². The van der Waals surface area contributed by atoms with Gasteiger partial charge in [0.1, 0.15) is 23.0 Å². The highest BCUT2D eigenvalue weighted by atomic mass is 35.5. The number of nitrogens with zero attached hydrogens (tertiary/aromatic N) is 5. The number of hydrogen-bond donors (Lipinski definition) is 1. The van der Waals surface area contributed by atoms with Gasteiger partial charge < -0.3 is 10.3 Å². The maximum absolute atomic E-state index is 6.49. The molecule has 1 aliphatic carbocycles. The highest BCUT2D eigenvalue weighted by molar-refractivity contribution is 6.35. The third-order valence-electron chi connectivity index (χ3n) is 5.23. The first kappa shape index (κ1) is 18.1. The lowest BCUT2D eigenvalue weighted by atomic mass is 10.0. The molecule has 4 aromatic rings. The van der Waals surface area contributed by atoms with Gasteiger partial charge in [-0.3, -0.25) is 9.67 Å². The van der Waals surface area contributed by atoms with Crippen LogP contribution >= 0.6 is 11.6 Å². The zero-order chi connectivity index (χ0) is 20.3. The maximum atomic E-state index is 6.49. The van der Waals surface area contributed by atoms with Gasteiger partial charge in [0.05, 0.1) is 33.4 Å². The Bertz CT molecular complexity index is 1240. The summed E-state index contributed by atoms with van der Waals surface area (Å²) in [4.78, 5) is 8.98. The number of rotatable bonds is 4. The molecule has 5 rings (SSSR count). The fraction of sp³-hybridized carbons (Fsp3) is 0.333. The predicted molar refractivity (Wildman–Crippen MR) is 113 cm³/mol. The number of pyridine rings is 2. The van der Waals surface area contributed by atoms with Crippen LogP contribution in [0.25, 0.3) is 33.5 Å². The zero-order valence-corrected chi connectivity index (χ0v) is 17.2. The molecule has 8 heteroatoms. The van der Waals surface area contributed by atoms with Crippen LogP contribution in [0.1, 0.15) is 50.1 Å². The van der Waals surface area contributed by atoms with Gasteiger partial charge in [-0.05, 0) is 45.7 Å². The second-order valence-corrected chi connectivity index (χ2v) is 8.22. The molecule has 0 unspecified atom stereocenters. The van der Waals surface area contributed by atoms with Crippen molar-refractivity contribution in [3.63, 3.8) is 0 Å². The van der Waals surface area contributed by atoms with Crippen LogP contribution in [0.3, 0.4) is 0 Å². The lowest BCUT2D eigenvalue weighted by molar-refractivity contribution is 0.386. The molecule has 1 fully saturated rings. The highest BCUT2D eigenvalue weighted by Crippen LogP contribution is 2.48. The first-order chi connectivity index (χ1) is 14.0. The van der Waals surface area contributed by atoms with E-state index in [2.05, 4.69) is 10.1 Å². The molecule has 148 valence electrons. The van der Waals surface area contributed by atoms with Crippen molar-refractivity contribution in [2.45, 2.75) is 45.6 Å². The van der Waals surface area contributed by atoms with E-state index in [4.69, 9.17) is 31.9 Å². The molecule has 0 atom stereocenters. The number of fused-ring (bicyclic) bond motifs is 1. The summed E-state index contributed by atoms with van der Waals surface area (Å²) in [5, 5.41) is 10.5. The summed E-state index contributed by atoms with van der Waals surface area (Å²) in [6.07, 6.45) is 3.74. The Morgan fingerprint density at radius 1 is 1.24 bits per heavy atom. The minimum absolute atomic E-state index is 0.0842. The standard InChI is InChI=1S/C21H21ClN6O/c1-10(2)28-19-13(22)9-24-21(23)16(19)17(26-28)18-15(14-6-4-5-11(3)25-14)20(29-27-18)12-7-8-12/h4-6,9-10,12H,7-8H2,1-3H3,(H2,23,24). The van der Waals surface area contributed by atoms with Crippen LogP contribution in [0.4, 0.5) is 5.82 Å². The van der Waals surface area contributed by atoms with Crippen molar-refractivity contribution >= 4 is 28.3 Å². The number of halogens is 1. The Kier molecular flexibility index (Phi) is 4.10. The van der Waals surface area contributed by atoms with E-state index < -0.39 is 0 Å². The van der Waals surface area contributed by atoms with Crippen molar-refractivity contribution in [1.82, 2.24) is 24.9 Å². The van der Waals surface area contributed by atoms with Crippen LogP contribution in [0, 0.1) is 6.92 Å². The molecule has 1 saturated carbocycles. The average molecular weight is 409 g/mol. The number of hydrogen-bond acceptors (Lipinski definition) is 6. The van der Waals surface area contributed by atoms with E-state index in [1.807, 2.05) is 43.7 Å². The van der Waals surface area contributed by atoms with Crippen molar-refractivity contribution in [2.24, 2.45) is 0 Å². The highest BCUT2D eigenvalue weighted by Gasteiger charge is 2.35. The molecule has 1 aliphatic rings. The molecular formula is C21H21ClN6O. The van der Waals surface area contributed by atoms with E-state index >= 15 is 0 Å². The molecule has 0 aromatic carbocycles.